The molecule has 0 unspecified atom stereocenters. The van der Waals surface area contributed by atoms with Crippen molar-refractivity contribution in [2.45, 2.75) is 25.3 Å². The molecule has 0 amide bonds. The van der Waals surface area contributed by atoms with Crippen LogP contribution in [0, 0.1) is 5.92 Å². The average molecular weight is 220 g/mol. The highest BCUT2D eigenvalue weighted by atomic mass is 16.4. The summed E-state index contributed by atoms with van der Waals surface area (Å²) in [6.07, 6.45) is 4.44. The van der Waals surface area contributed by atoms with Crippen molar-refractivity contribution in [1.82, 2.24) is 10.3 Å². The number of hydrogen-bond acceptors (Lipinski definition) is 3. The first-order valence-corrected chi connectivity index (χ1v) is 5.66. The number of hydrogen-bond donors (Lipinski definition) is 2. The Labute approximate surface area is 94.7 Å². The van der Waals surface area contributed by atoms with E-state index in [-0.39, 0.29) is 12.0 Å². The molecular weight excluding hydrogens is 204 g/mol. The van der Waals surface area contributed by atoms with Gasteiger partial charge in [-0.15, -0.1) is 0 Å². The zero-order valence-electron chi connectivity index (χ0n) is 9.10. The molecule has 0 aliphatic carbocycles. The van der Waals surface area contributed by atoms with Crippen LogP contribution in [0.5, 0.6) is 0 Å². The van der Waals surface area contributed by atoms with Crippen LogP contribution in [0.4, 0.5) is 0 Å². The van der Waals surface area contributed by atoms with Crippen LogP contribution >= 0.6 is 0 Å². The number of rotatable bonds is 2. The van der Waals surface area contributed by atoms with E-state index in [1.807, 2.05) is 18.2 Å². The van der Waals surface area contributed by atoms with E-state index < -0.39 is 5.97 Å². The van der Waals surface area contributed by atoms with Crippen LogP contribution < -0.4 is 5.32 Å². The van der Waals surface area contributed by atoms with E-state index in [0.29, 0.717) is 0 Å². The molecule has 4 heteroatoms. The lowest BCUT2D eigenvalue weighted by atomic mass is 9.93. The van der Waals surface area contributed by atoms with E-state index in [0.717, 1.165) is 31.5 Å². The summed E-state index contributed by atoms with van der Waals surface area (Å²) in [4.78, 5) is 15.5. The molecule has 1 fully saturated rings. The van der Waals surface area contributed by atoms with Crippen LogP contribution in [-0.2, 0) is 4.79 Å². The molecule has 0 aromatic carbocycles. The van der Waals surface area contributed by atoms with Crippen molar-refractivity contribution in [1.29, 1.82) is 0 Å². The maximum absolute atomic E-state index is 11.2. The molecule has 0 saturated carbocycles. The molecule has 0 spiro atoms. The Balaban J connectivity index is 2.24. The Bertz CT molecular complexity index is 353. The van der Waals surface area contributed by atoms with Crippen molar-refractivity contribution in [3.63, 3.8) is 0 Å². The molecule has 2 atom stereocenters. The summed E-state index contributed by atoms with van der Waals surface area (Å²) in [6, 6.07) is 5.48. The quantitative estimate of drug-likeness (QED) is 0.794. The first-order chi connectivity index (χ1) is 7.79. The minimum absolute atomic E-state index is 0.152. The molecule has 2 heterocycles. The van der Waals surface area contributed by atoms with Gasteiger partial charge in [0.1, 0.15) is 0 Å². The van der Waals surface area contributed by atoms with Crippen molar-refractivity contribution >= 4 is 5.97 Å². The lowest BCUT2D eigenvalue weighted by molar-refractivity contribution is -0.143. The zero-order chi connectivity index (χ0) is 11.4. The van der Waals surface area contributed by atoms with E-state index in [1.165, 1.54) is 0 Å². The number of carboxylic acid groups (broad SMARTS) is 1. The third-order valence-electron chi connectivity index (χ3n) is 3.03. The highest BCUT2D eigenvalue weighted by Gasteiger charge is 2.31. The molecule has 1 saturated heterocycles. The molecule has 1 aliphatic rings. The molecule has 16 heavy (non-hydrogen) atoms. The molecule has 86 valence electrons. The standard InChI is InChI=1S/C12H16N2O2/c15-12(16)9-5-1-3-8-14-11(9)10-6-2-4-7-13-10/h2,4,6-7,9,11,14H,1,3,5,8H2,(H,15,16)/t9-,11-/m0/s1. The Morgan fingerprint density at radius 1 is 1.44 bits per heavy atom. The number of pyridine rings is 1. The second-order valence-electron chi connectivity index (χ2n) is 4.13. The van der Waals surface area contributed by atoms with Crippen LogP contribution in [0.25, 0.3) is 0 Å². The van der Waals surface area contributed by atoms with Crippen molar-refractivity contribution in [2.24, 2.45) is 5.92 Å². The lowest BCUT2D eigenvalue weighted by Gasteiger charge is -2.21. The van der Waals surface area contributed by atoms with Crippen LogP contribution in [-0.4, -0.2) is 22.6 Å². The van der Waals surface area contributed by atoms with Gasteiger partial charge >= 0.3 is 5.97 Å². The Morgan fingerprint density at radius 3 is 3.00 bits per heavy atom. The fourth-order valence-corrected chi connectivity index (χ4v) is 2.19. The lowest BCUT2D eigenvalue weighted by Crippen LogP contribution is -2.32. The van der Waals surface area contributed by atoms with Gasteiger partial charge in [-0.05, 0) is 31.5 Å². The monoisotopic (exact) mass is 220 g/mol. The second kappa shape index (κ2) is 5.07. The minimum Gasteiger partial charge on any atom is -0.481 e. The fourth-order valence-electron chi connectivity index (χ4n) is 2.19. The van der Waals surface area contributed by atoms with Gasteiger partial charge in [-0.3, -0.25) is 9.78 Å². The molecular formula is C12H16N2O2. The smallest absolute Gasteiger partial charge is 0.308 e. The van der Waals surface area contributed by atoms with Gasteiger partial charge in [-0.2, -0.15) is 0 Å². The summed E-state index contributed by atoms with van der Waals surface area (Å²) in [6.45, 7) is 0.866. The maximum atomic E-state index is 11.2. The van der Waals surface area contributed by atoms with Crippen LogP contribution in [0.1, 0.15) is 31.0 Å². The van der Waals surface area contributed by atoms with E-state index in [9.17, 15) is 9.90 Å². The highest BCUT2D eigenvalue weighted by Crippen LogP contribution is 2.27. The topological polar surface area (TPSA) is 62.2 Å². The first-order valence-electron chi connectivity index (χ1n) is 5.66. The predicted molar refractivity (Wildman–Crippen MR) is 60.0 cm³/mol. The van der Waals surface area contributed by atoms with Gasteiger partial charge in [-0.1, -0.05) is 12.5 Å². The van der Waals surface area contributed by atoms with E-state index in [4.69, 9.17) is 0 Å². The summed E-state index contributed by atoms with van der Waals surface area (Å²) in [5.74, 6) is -1.09. The van der Waals surface area contributed by atoms with Gasteiger partial charge < -0.3 is 10.4 Å². The van der Waals surface area contributed by atoms with E-state index >= 15 is 0 Å². The van der Waals surface area contributed by atoms with Crippen molar-refractivity contribution in [2.75, 3.05) is 6.54 Å². The molecule has 2 rings (SSSR count). The third kappa shape index (κ3) is 2.39. The third-order valence-corrected chi connectivity index (χ3v) is 3.03. The molecule has 4 nitrogen and oxygen atoms in total. The Morgan fingerprint density at radius 2 is 2.31 bits per heavy atom. The summed E-state index contributed by atoms with van der Waals surface area (Å²) >= 11 is 0. The van der Waals surface area contributed by atoms with Crippen LogP contribution in [0.15, 0.2) is 24.4 Å². The average Bonchev–Trinajstić information content (AvgIpc) is 2.55. The van der Waals surface area contributed by atoms with Gasteiger partial charge in [0.25, 0.3) is 0 Å². The normalized spacial score (nSPS) is 26.0. The molecule has 1 aliphatic heterocycles. The largest absolute Gasteiger partial charge is 0.481 e. The number of carbonyl (C=O) groups is 1. The second-order valence-corrected chi connectivity index (χ2v) is 4.13. The maximum Gasteiger partial charge on any atom is 0.308 e. The molecule has 0 bridgehead atoms. The zero-order valence-corrected chi connectivity index (χ0v) is 9.10. The van der Waals surface area contributed by atoms with Gasteiger partial charge in [-0.25, -0.2) is 0 Å². The van der Waals surface area contributed by atoms with Crippen LogP contribution in [0.3, 0.4) is 0 Å². The first kappa shape index (κ1) is 11.1. The van der Waals surface area contributed by atoms with E-state index in [1.54, 1.807) is 6.20 Å². The van der Waals surface area contributed by atoms with E-state index in [2.05, 4.69) is 10.3 Å². The van der Waals surface area contributed by atoms with Gasteiger partial charge in [0.05, 0.1) is 17.7 Å². The number of aromatic nitrogens is 1. The Hall–Kier alpha value is -1.42. The summed E-state index contributed by atoms with van der Waals surface area (Å²) < 4.78 is 0. The number of nitrogens with zero attached hydrogens (tertiary/aromatic N) is 1. The summed E-state index contributed by atoms with van der Waals surface area (Å²) in [5, 5.41) is 12.5. The molecule has 2 N–H and O–H groups in total. The molecule has 1 aromatic heterocycles. The summed E-state index contributed by atoms with van der Waals surface area (Å²) in [5.41, 5.74) is 0.830. The van der Waals surface area contributed by atoms with Crippen molar-refractivity contribution < 1.29 is 9.90 Å². The fraction of sp³-hybridized carbons (Fsp3) is 0.500. The van der Waals surface area contributed by atoms with Crippen molar-refractivity contribution in [3.05, 3.63) is 30.1 Å². The van der Waals surface area contributed by atoms with Gasteiger partial charge in [0.2, 0.25) is 0 Å². The van der Waals surface area contributed by atoms with Crippen LogP contribution in [0.2, 0.25) is 0 Å². The van der Waals surface area contributed by atoms with Gasteiger partial charge in [0.15, 0.2) is 0 Å². The Kier molecular flexibility index (Phi) is 3.51. The van der Waals surface area contributed by atoms with Gasteiger partial charge in [0, 0.05) is 6.20 Å². The van der Waals surface area contributed by atoms with Crippen molar-refractivity contribution in [3.8, 4) is 0 Å². The summed E-state index contributed by atoms with van der Waals surface area (Å²) in [7, 11) is 0. The number of nitrogens with one attached hydrogen (secondary N) is 1. The number of carboxylic acids is 1. The SMILES string of the molecule is O=C(O)[C@H]1CCCCN[C@@H]1c1ccccn1. The minimum atomic E-state index is -0.731. The molecule has 1 aromatic rings. The highest BCUT2D eigenvalue weighted by molar-refractivity contribution is 5.71. The molecule has 0 radical (unpaired) electrons. The number of aliphatic carboxylic acids is 1. The predicted octanol–water partition coefficient (Wildman–Crippen LogP) is 1.60.